The van der Waals surface area contributed by atoms with Crippen LogP contribution in [0.15, 0.2) is 24.5 Å². The Labute approximate surface area is 114 Å². The summed E-state index contributed by atoms with van der Waals surface area (Å²) in [5, 5.41) is 9.86. The molecule has 1 N–H and O–H groups in total. The molecule has 0 spiro atoms. The lowest BCUT2D eigenvalue weighted by Crippen LogP contribution is -2.16. The topological polar surface area (TPSA) is 55.8 Å². The quantitative estimate of drug-likeness (QED) is 0.471. The number of aliphatic hydroxyl groups excluding tert-OH is 1. The maximum absolute atomic E-state index is 11.0. The van der Waals surface area contributed by atoms with Crippen LogP contribution in [-0.2, 0) is 14.3 Å². The summed E-state index contributed by atoms with van der Waals surface area (Å²) in [6, 6.07) is 0. The molecule has 1 aliphatic heterocycles. The minimum Gasteiger partial charge on any atom is -0.495 e. The molecule has 1 aliphatic carbocycles. The minimum atomic E-state index is -0.312. The molecule has 0 aromatic heterocycles. The highest BCUT2D eigenvalue weighted by molar-refractivity contribution is 5.69. The molecule has 0 bridgehead atoms. The van der Waals surface area contributed by atoms with Crippen molar-refractivity contribution in [1.82, 2.24) is 0 Å². The first-order chi connectivity index (χ1) is 9.15. The second kappa shape index (κ2) is 6.24. The van der Waals surface area contributed by atoms with Crippen molar-refractivity contribution in [3.05, 3.63) is 24.5 Å². The minimum absolute atomic E-state index is 0.129. The molecule has 1 saturated carbocycles. The van der Waals surface area contributed by atoms with Crippen LogP contribution in [0.3, 0.4) is 0 Å². The van der Waals surface area contributed by atoms with Crippen LogP contribution in [0.4, 0.5) is 0 Å². The number of unbranched alkanes of at least 4 members (excludes halogenated alkanes) is 1. The number of aliphatic hydroxyl groups is 1. The maximum Gasteiger partial charge on any atom is 0.305 e. The fourth-order valence-corrected chi connectivity index (χ4v) is 3.06. The van der Waals surface area contributed by atoms with Gasteiger partial charge in [0.25, 0.3) is 0 Å². The van der Waals surface area contributed by atoms with E-state index >= 15 is 0 Å². The third-order valence-corrected chi connectivity index (χ3v) is 4.09. The van der Waals surface area contributed by atoms with Gasteiger partial charge in [0.05, 0.1) is 19.0 Å². The lowest BCUT2D eigenvalue weighted by atomic mass is 9.92. The van der Waals surface area contributed by atoms with Gasteiger partial charge in [0.1, 0.15) is 6.10 Å². The SMILES string of the molecule is C=C[C@@H]1[C@H]2C/C(=C/CCCC(=O)OC)O[C@H]2C[C@H]1O. The van der Waals surface area contributed by atoms with Gasteiger partial charge in [-0.1, -0.05) is 6.08 Å². The Kier molecular flexibility index (Phi) is 4.64. The van der Waals surface area contributed by atoms with Crippen molar-refractivity contribution in [3.63, 3.8) is 0 Å². The van der Waals surface area contributed by atoms with Gasteiger partial charge in [-0.3, -0.25) is 4.79 Å². The third kappa shape index (κ3) is 3.18. The number of fused-ring (bicyclic) bond motifs is 1. The highest BCUT2D eigenvalue weighted by Crippen LogP contribution is 2.45. The van der Waals surface area contributed by atoms with E-state index in [1.54, 1.807) is 0 Å². The Balaban J connectivity index is 1.79. The van der Waals surface area contributed by atoms with E-state index < -0.39 is 0 Å². The molecule has 4 heteroatoms. The first-order valence-corrected chi connectivity index (χ1v) is 6.88. The van der Waals surface area contributed by atoms with Crippen molar-refractivity contribution >= 4 is 5.97 Å². The van der Waals surface area contributed by atoms with E-state index in [2.05, 4.69) is 17.4 Å². The molecule has 2 rings (SSSR count). The van der Waals surface area contributed by atoms with E-state index in [0.717, 1.165) is 25.0 Å². The van der Waals surface area contributed by atoms with Crippen LogP contribution in [0.1, 0.15) is 32.1 Å². The number of ether oxygens (including phenoxy) is 2. The Bertz CT molecular complexity index is 374. The number of esters is 1. The van der Waals surface area contributed by atoms with Crippen molar-refractivity contribution < 1.29 is 19.4 Å². The largest absolute Gasteiger partial charge is 0.495 e. The average Bonchev–Trinajstić information content (AvgIpc) is 2.90. The molecule has 0 aromatic rings. The van der Waals surface area contributed by atoms with E-state index in [9.17, 15) is 9.90 Å². The summed E-state index contributed by atoms with van der Waals surface area (Å²) in [4.78, 5) is 11.0. The van der Waals surface area contributed by atoms with Gasteiger partial charge in [-0.15, -0.1) is 6.58 Å². The monoisotopic (exact) mass is 266 g/mol. The van der Waals surface area contributed by atoms with Gasteiger partial charge in [0.15, 0.2) is 0 Å². The Morgan fingerprint density at radius 1 is 1.63 bits per heavy atom. The molecule has 1 heterocycles. The molecule has 1 saturated heterocycles. The fourth-order valence-electron chi connectivity index (χ4n) is 3.06. The molecular formula is C15H22O4. The molecular weight excluding hydrogens is 244 g/mol. The standard InChI is InChI=1S/C15H22O4/c1-3-11-12-8-10(19-14(12)9-13(11)16)6-4-5-7-15(17)18-2/h3,6,11-14,16H,1,4-5,7-9H2,2H3/b10-6-/t11-,12-,13-,14+/m1/s1. The zero-order valence-corrected chi connectivity index (χ0v) is 11.4. The van der Waals surface area contributed by atoms with E-state index in [1.807, 2.05) is 6.08 Å². The van der Waals surface area contributed by atoms with Crippen molar-refractivity contribution in [2.75, 3.05) is 7.11 Å². The average molecular weight is 266 g/mol. The van der Waals surface area contributed by atoms with Gasteiger partial charge in [-0.2, -0.15) is 0 Å². The molecule has 19 heavy (non-hydrogen) atoms. The van der Waals surface area contributed by atoms with Crippen LogP contribution in [0.5, 0.6) is 0 Å². The zero-order valence-electron chi connectivity index (χ0n) is 11.4. The van der Waals surface area contributed by atoms with Crippen LogP contribution >= 0.6 is 0 Å². The molecule has 2 aliphatic rings. The summed E-state index contributed by atoms with van der Waals surface area (Å²) >= 11 is 0. The number of methoxy groups -OCH3 is 1. The molecule has 0 aromatic carbocycles. The molecule has 4 atom stereocenters. The first-order valence-electron chi connectivity index (χ1n) is 6.88. The molecule has 0 radical (unpaired) electrons. The lowest BCUT2D eigenvalue weighted by Gasteiger charge is -2.13. The van der Waals surface area contributed by atoms with Crippen LogP contribution < -0.4 is 0 Å². The van der Waals surface area contributed by atoms with Gasteiger partial charge in [-0.05, 0) is 18.9 Å². The highest BCUT2D eigenvalue weighted by atomic mass is 16.5. The number of carbonyl (C=O) groups is 1. The number of allylic oxidation sites excluding steroid dienone is 2. The van der Waals surface area contributed by atoms with Gasteiger partial charge >= 0.3 is 5.97 Å². The Morgan fingerprint density at radius 3 is 3.11 bits per heavy atom. The molecule has 4 nitrogen and oxygen atoms in total. The number of hydrogen-bond acceptors (Lipinski definition) is 4. The molecule has 0 amide bonds. The van der Waals surface area contributed by atoms with E-state index in [0.29, 0.717) is 18.8 Å². The summed E-state index contributed by atoms with van der Waals surface area (Å²) in [5.41, 5.74) is 0. The van der Waals surface area contributed by atoms with E-state index in [1.165, 1.54) is 7.11 Å². The van der Waals surface area contributed by atoms with Crippen molar-refractivity contribution in [2.24, 2.45) is 11.8 Å². The fraction of sp³-hybridized carbons (Fsp3) is 0.667. The number of hydrogen-bond donors (Lipinski definition) is 1. The van der Waals surface area contributed by atoms with Gasteiger partial charge in [0.2, 0.25) is 0 Å². The second-order valence-electron chi connectivity index (χ2n) is 5.28. The highest BCUT2D eigenvalue weighted by Gasteiger charge is 2.46. The zero-order chi connectivity index (χ0) is 13.8. The van der Waals surface area contributed by atoms with Crippen LogP contribution in [-0.4, -0.2) is 30.4 Å². The van der Waals surface area contributed by atoms with Gasteiger partial charge in [-0.25, -0.2) is 0 Å². The van der Waals surface area contributed by atoms with Crippen molar-refractivity contribution in [2.45, 2.75) is 44.3 Å². The van der Waals surface area contributed by atoms with Gasteiger partial charge in [0, 0.05) is 31.1 Å². The van der Waals surface area contributed by atoms with Gasteiger partial charge < -0.3 is 14.6 Å². The van der Waals surface area contributed by atoms with Crippen molar-refractivity contribution in [1.29, 1.82) is 0 Å². The molecule has 106 valence electrons. The molecule has 0 unspecified atom stereocenters. The second-order valence-corrected chi connectivity index (χ2v) is 5.28. The van der Waals surface area contributed by atoms with Crippen LogP contribution in [0, 0.1) is 11.8 Å². The van der Waals surface area contributed by atoms with Crippen LogP contribution in [0.25, 0.3) is 0 Å². The van der Waals surface area contributed by atoms with Crippen molar-refractivity contribution in [3.8, 4) is 0 Å². The maximum atomic E-state index is 11.0. The predicted molar refractivity (Wildman–Crippen MR) is 71.2 cm³/mol. The Hall–Kier alpha value is -1.29. The number of carbonyl (C=O) groups excluding carboxylic acids is 1. The predicted octanol–water partition coefficient (Wildman–Crippen LogP) is 2.19. The molecule has 2 fully saturated rings. The lowest BCUT2D eigenvalue weighted by molar-refractivity contribution is -0.140. The normalized spacial score (nSPS) is 34.9. The third-order valence-electron chi connectivity index (χ3n) is 4.09. The first kappa shape index (κ1) is 14.1. The van der Waals surface area contributed by atoms with Crippen LogP contribution in [0.2, 0.25) is 0 Å². The summed E-state index contributed by atoms with van der Waals surface area (Å²) in [5.74, 6) is 1.33. The smallest absolute Gasteiger partial charge is 0.305 e. The van der Waals surface area contributed by atoms with E-state index in [-0.39, 0.29) is 24.1 Å². The summed E-state index contributed by atoms with van der Waals surface area (Å²) in [6.45, 7) is 3.80. The summed E-state index contributed by atoms with van der Waals surface area (Å²) in [7, 11) is 1.41. The number of rotatable bonds is 5. The Morgan fingerprint density at radius 2 is 2.42 bits per heavy atom. The summed E-state index contributed by atoms with van der Waals surface area (Å²) in [6.07, 6.45) is 7.34. The summed E-state index contributed by atoms with van der Waals surface area (Å²) < 4.78 is 10.5. The van der Waals surface area contributed by atoms with E-state index in [4.69, 9.17) is 4.74 Å².